The summed E-state index contributed by atoms with van der Waals surface area (Å²) in [5, 5.41) is 0. The van der Waals surface area contributed by atoms with E-state index in [4.69, 9.17) is 17.0 Å². The van der Waals surface area contributed by atoms with Gasteiger partial charge in [-0.1, -0.05) is 0 Å². The molecule has 1 aromatic carbocycles. The van der Waals surface area contributed by atoms with Crippen molar-refractivity contribution in [1.82, 2.24) is 0 Å². The molecule has 0 spiro atoms. The second kappa shape index (κ2) is 7.06. The first-order valence-corrected chi connectivity index (χ1v) is 18.6. The maximum absolute atomic E-state index is 7.66. The van der Waals surface area contributed by atoms with E-state index < -0.39 is 17.9 Å². The number of benzene rings is 1. The van der Waals surface area contributed by atoms with Crippen molar-refractivity contribution in [3.63, 3.8) is 0 Å². The summed E-state index contributed by atoms with van der Waals surface area (Å²) in [6, 6.07) is 8.71. The van der Waals surface area contributed by atoms with E-state index >= 15 is 0 Å². The normalized spacial score (nSPS) is 22.4. The quantitative estimate of drug-likeness (QED) is 0.415. The van der Waals surface area contributed by atoms with Gasteiger partial charge >= 0.3 is 172 Å². The van der Waals surface area contributed by atoms with Crippen molar-refractivity contribution in [3.05, 3.63) is 63.3 Å². The van der Waals surface area contributed by atoms with Crippen molar-refractivity contribution in [3.8, 4) is 0 Å². The van der Waals surface area contributed by atoms with Gasteiger partial charge in [0.1, 0.15) is 0 Å². The molecule has 3 heteroatoms. The van der Waals surface area contributed by atoms with Crippen molar-refractivity contribution in [2.45, 2.75) is 61.6 Å². The zero-order valence-corrected chi connectivity index (χ0v) is 21.0. The average molecular weight is 469 g/mol. The minimum atomic E-state index is -3.78. The molecule has 0 N–H and O–H groups in total. The van der Waals surface area contributed by atoms with Crippen LogP contribution in [0.2, 0.25) is 3.12 Å². The Hall–Kier alpha value is -0.0969. The van der Waals surface area contributed by atoms with Gasteiger partial charge in [-0.3, -0.25) is 0 Å². The Labute approximate surface area is 170 Å². The van der Waals surface area contributed by atoms with Gasteiger partial charge in [0.25, 0.3) is 0 Å². The molecule has 1 aromatic rings. The van der Waals surface area contributed by atoms with E-state index in [2.05, 4.69) is 78.8 Å². The molecular formula is C23H30Cl2Zr. The molecule has 0 bridgehead atoms. The van der Waals surface area contributed by atoms with Crippen molar-refractivity contribution in [2.75, 3.05) is 0 Å². The number of fused-ring (bicyclic) bond motifs is 1. The van der Waals surface area contributed by atoms with E-state index in [-0.39, 0.29) is 6.75 Å². The molecule has 0 fully saturated rings. The van der Waals surface area contributed by atoms with Crippen LogP contribution in [0.4, 0.5) is 0 Å². The SMILES string of the molecule is CC[C]1([Zr]([Cl])([Cl])[CH]2C(C(C)C)=Cc3ccccc32)C(C)=C(C)C(C)=C1C. The van der Waals surface area contributed by atoms with Crippen LogP contribution in [0.15, 0.2) is 52.1 Å². The fourth-order valence-electron chi connectivity index (χ4n) is 5.25. The summed E-state index contributed by atoms with van der Waals surface area (Å²) < 4.78 is 0.0922. The van der Waals surface area contributed by atoms with Crippen LogP contribution >= 0.6 is 17.0 Å². The van der Waals surface area contributed by atoms with Crippen molar-refractivity contribution in [1.29, 1.82) is 0 Å². The van der Waals surface area contributed by atoms with Crippen molar-refractivity contribution >= 4 is 23.1 Å². The molecule has 26 heavy (non-hydrogen) atoms. The third-order valence-corrected chi connectivity index (χ3v) is 22.3. The molecule has 0 heterocycles. The van der Waals surface area contributed by atoms with E-state index in [0.717, 1.165) is 6.42 Å². The van der Waals surface area contributed by atoms with E-state index in [1.807, 2.05) is 0 Å². The van der Waals surface area contributed by atoms with Crippen LogP contribution in [0, 0.1) is 5.92 Å². The van der Waals surface area contributed by atoms with Gasteiger partial charge in [0.05, 0.1) is 0 Å². The summed E-state index contributed by atoms with van der Waals surface area (Å²) in [7, 11) is 15.3. The molecule has 0 saturated carbocycles. The fraction of sp³-hybridized carbons (Fsp3) is 0.478. The van der Waals surface area contributed by atoms with Gasteiger partial charge in [0, 0.05) is 0 Å². The van der Waals surface area contributed by atoms with Gasteiger partial charge in [-0.15, -0.1) is 0 Å². The summed E-state index contributed by atoms with van der Waals surface area (Å²) in [5.41, 5.74) is 9.73. The van der Waals surface area contributed by atoms with Gasteiger partial charge in [-0.25, -0.2) is 0 Å². The molecule has 0 radical (unpaired) electrons. The minimum absolute atomic E-state index is 0.123. The molecule has 0 aliphatic heterocycles. The monoisotopic (exact) mass is 466 g/mol. The number of rotatable bonds is 4. The Morgan fingerprint density at radius 1 is 1.00 bits per heavy atom. The number of hydrogen-bond donors (Lipinski definition) is 0. The molecule has 0 amide bonds. The third-order valence-electron chi connectivity index (χ3n) is 7.06. The molecule has 1 atom stereocenters. The molecular weight excluding hydrogens is 438 g/mol. The van der Waals surface area contributed by atoms with Crippen LogP contribution in [-0.4, -0.2) is 0 Å². The topological polar surface area (TPSA) is 0 Å². The van der Waals surface area contributed by atoms with Crippen LogP contribution < -0.4 is 0 Å². The van der Waals surface area contributed by atoms with E-state index in [1.165, 1.54) is 39.0 Å². The van der Waals surface area contributed by atoms with Crippen molar-refractivity contribution < 1.29 is 17.9 Å². The van der Waals surface area contributed by atoms with Gasteiger partial charge in [-0.2, -0.15) is 0 Å². The first-order valence-electron chi connectivity index (χ1n) is 9.65. The molecule has 2 aliphatic rings. The van der Waals surface area contributed by atoms with Crippen LogP contribution in [0.3, 0.4) is 0 Å². The maximum atomic E-state index is 7.66. The summed E-state index contributed by atoms with van der Waals surface area (Å²) in [6.07, 6.45) is 3.35. The zero-order chi connectivity index (χ0) is 19.4. The summed E-state index contributed by atoms with van der Waals surface area (Å²) in [6.45, 7) is 15.8. The molecule has 0 saturated heterocycles. The molecule has 2 aliphatic carbocycles. The number of allylic oxidation sites excluding steroid dienone is 5. The molecule has 1 unspecified atom stereocenters. The summed E-state index contributed by atoms with van der Waals surface area (Å²) >= 11 is -3.78. The van der Waals surface area contributed by atoms with Crippen LogP contribution in [-0.2, 0) is 17.9 Å². The first kappa shape index (κ1) is 20.6. The van der Waals surface area contributed by atoms with Crippen molar-refractivity contribution in [2.24, 2.45) is 5.92 Å². The first-order chi connectivity index (χ1) is 12.1. The van der Waals surface area contributed by atoms with E-state index in [0.29, 0.717) is 5.92 Å². The Balaban J connectivity index is 2.26. The van der Waals surface area contributed by atoms with Gasteiger partial charge < -0.3 is 0 Å². The Morgan fingerprint density at radius 2 is 1.54 bits per heavy atom. The molecule has 140 valence electrons. The Morgan fingerprint density at radius 3 is 2.04 bits per heavy atom. The summed E-state index contributed by atoms with van der Waals surface area (Å²) in [4.78, 5) is 0. The zero-order valence-electron chi connectivity index (χ0n) is 17.0. The van der Waals surface area contributed by atoms with Crippen LogP contribution in [0.5, 0.6) is 0 Å². The molecule has 3 rings (SSSR count). The fourth-order valence-corrected chi connectivity index (χ4v) is 22.5. The van der Waals surface area contributed by atoms with Crippen LogP contribution in [0.25, 0.3) is 6.08 Å². The van der Waals surface area contributed by atoms with E-state index in [1.54, 1.807) is 0 Å². The van der Waals surface area contributed by atoms with Gasteiger partial charge in [0.15, 0.2) is 0 Å². The third kappa shape index (κ3) is 2.64. The van der Waals surface area contributed by atoms with Gasteiger partial charge in [0.2, 0.25) is 0 Å². The predicted molar refractivity (Wildman–Crippen MR) is 113 cm³/mol. The Bertz CT molecular complexity index is 816. The average Bonchev–Trinajstić information content (AvgIpc) is 3.07. The second-order valence-electron chi connectivity index (χ2n) is 8.24. The summed E-state index contributed by atoms with van der Waals surface area (Å²) in [5.74, 6) is 0.451. The van der Waals surface area contributed by atoms with Crippen LogP contribution in [0.1, 0.15) is 69.6 Å². The Kier molecular flexibility index (Phi) is 5.60. The van der Waals surface area contributed by atoms with E-state index in [9.17, 15) is 0 Å². The predicted octanol–water partition coefficient (Wildman–Crippen LogP) is 8.50. The second-order valence-corrected chi connectivity index (χ2v) is 23.0. The van der Waals surface area contributed by atoms with Gasteiger partial charge in [-0.05, 0) is 0 Å². The molecule has 0 aromatic heterocycles. The number of halogens is 2. The standard InChI is InChI=1S/C12H13.C11H17.2ClH.Zr/c1-9(2)12-7-10-5-3-4-6-11(10)8-12;1-6-11-9(4)7(2)8(3)10(11)5;;;/h3-9H,1-2H3;6H2,1-5H3;2*1H;/q;;;;+2/p-2. The molecule has 0 nitrogen and oxygen atoms in total. The number of hydrogen-bond acceptors (Lipinski definition) is 0.